The zero-order valence-corrected chi connectivity index (χ0v) is 22.4. The molecule has 2 aromatic heterocycles. The number of anilines is 2. The van der Waals surface area contributed by atoms with Gasteiger partial charge in [0.05, 0.1) is 28.3 Å². The van der Waals surface area contributed by atoms with Crippen molar-refractivity contribution in [3.8, 4) is 0 Å². The number of hydrogen-bond acceptors (Lipinski definition) is 8. The number of hydrogen-bond donors (Lipinski definition) is 2. The average Bonchev–Trinajstić information content (AvgIpc) is 2.94. The van der Waals surface area contributed by atoms with E-state index in [1.54, 1.807) is 0 Å². The third-order valence-electron chi connectivity index (χ3n) is 5.13. The van der Waals surface area contributed by atoms with Crippen LogP contribution in [0.4, 0.5) is 11.4 Å². The maximum atomic E-state index is 5.84. The summed E-state index contributed by atoms with van der Waals surface area (Å²) in [6.07, 6.45) is 2.73. The summed E-state index contributed by atoms with van der Waals surface area (Å²) in [5.41, 5.74) is 15.4. The summed E-state index contributed by atoms with van der Waals surface area (Å²) in [5.74, 6) is 0. The first-order valence-electron chi connectivity index (χ1n) is 10.4. The van der Waals surface area contributed by atoms with Gasteiger partial charge in [-0.15, -0.1) is 6.58 Å². The van der Waals surface area contributed by atoms with Gasteiger partial charge in [0, 0.05) is 0 Å². The van der Waals surface area contributed by atoms with Crippen LogP contribution in [0.2, 0.25) is 10.3 Å². The predicted octanol–water partition coefficient (Wildman–Crippen LogP) is 5.68. The first-order chi connectivity index (χ1) is 15.5. The van der Waals surface area contributed by atoms with Crippen molar-refractivity contribution in [1.29, 1.82) is 0 Å². The maximum absolute atomic E-state index is 5.84. The van der Waals surface area contributed by atoms with Crippen LogP contribution >= 0.6 is 23.2 Å². The van der Waals surface area contributed by atoms with Gasteiger partial charge < -0.3 is 20.8 Å². The number of nitrogen functional groups attached to an aromatic ring is 2. The van der Waals surface area contributed by atoms with Gasteiger partial charge in [-0.2, -0.15) is 0 Å². The molecule has 1 aliphatic heterocycles. The van der Waals surface area contributed by atoms with Crippen LogP contribution in [0.1, 0.15) is 59.9 Å². The van der Waals surface area contributed by atoms with Gasteiger partial charge in [0.25, 0.3) is 0 Å². The Morgan fingerprint density at radius 3 is 1.38 bits per heavy atom. The van der Waals surface area contributed by atoms with Crippen LogP contribution in [0.5, 0.6) is 0 Å². The van der Waals surface area contributed by atoms with Gasteiger partial charge in [-0.25, -0.2) is 19.9 Å². The minimum atomic E-state index is -0.241. The number of nitrogens with zero attached hydrogens (tertiary/aromatic N) is 4. The SMILES string of the molecule is C=C(C)B1OC(C)(C)C(C)(C)O1.C=C(C)c1ncnc(C(=C)C)c1N.Nc1c(Cl)ncnc1Cl. The van der Waals surface area contributed by atoms with Gasteiger partial charge >= 0.3 is 7.12 Å². The molecular formula is C23H33BCl2N6O2. The van der Waals surface area contributed by atoms with Crippen LogP contribution in [0.3, 0.4) is 0 Å². The van der Waals surface area contributed by atoms with Crippen molar-refractivity contribution in [2.24, 2.45) is 0 Å². The summed E-state index contributed by atoms with van der Waals surface area (Å²) in [5, 5.41) is 0.380. The molecule has 34 heavy (non-hydrogen) atoms. The van der Waals surface area contributed by atoms with Gasteiger partial charge in [-0.05, 0) is 59.6 Å². The second kappa shape index (κ2) is 11.8. The lowest BCUT2D eigenvalue weighted by Crippen LogP contribution is -2.41. The Balaban J connectivity index is 0.000000259. The van der Waals surface area contributed by atoms with Gasteiger partial charge in [-0.3, -0.25) is 0 Å². The average molecular weight is 507 g/mol. The minimum Gasteiger partial charge on any atom is -0.400 e. The van der Waals surface area contributed by atoms with Crippen molar-refractivity contribution in [3.05, 3.63) is 59.6 Å². The Morgan fingerprint density at radius 1 is 0.765 bits per heavy atom. The van der Waals surface area contributed by atoms with Gasteiger partial charge in [0.15, 0.2) is 10.3 Å². The molecule has 0 spiro atoms. The van der Waals surface area contributed by atoms with E-state index < -0.39 is 0 Å². The van der Waals surface area contributed by atoms with E-state index >= 15 is 0 Å². The van der Waals surface area contributed by atoms with Crippen molar-refractivity contribution in [3.63, 3.8) is 0 Å². The first kappa shape index (κ1) is 29.6. The third kappa shape index (κ3) is 7.53. The smallest absolute Gasteiger partial charge is 0.400 e. The molecule has 2 aromatic rings. The highest BCUT2D eigenvalue weighted by molar-refractivity contribution is 6.54. The first-order valence-corrected chi connectivity index (χ1v) is 11.1. The normalized spacial score (nSPS) is 15.4. The second-order valence-corrected chi connectivity index (χ2v) is 9.56. The zero-order valence-electron chi connectivity index (χ0n) is 20.9. The highest BCUT2D eigenvalue weighted by Gasteiger charge is 2.51. The van der Waals surface area contributed by atoms with Crippen LogP contribution in [-0.2, 0) is 9.31 Å². The van der Waals surface area contributed by atoms with Gasteiger partial charge in [-0.1, -0.05) is 41.8 Å². The molecule has 8 nitrogen and oxygen atoms in total. The molecule has 4 N–H and O–H groups in total. The molecule has 3 rings (SSSR count). The quantitative estimate of drug-likeness (QED) is 0.402. The second-order valence-electron chi connectivity index (χ2n) is 8.85. The number of aromatic nitrogens is 4. The molecule has 1 fully saturated rings. The van der Waals surface area contributed by atoms with Crippen LogP contribution in [0.25, 0.3) is 11.1 Å². The van der Waals surface area contributed by atoms with E-state index in [1.807, 2.05) is 48.5 Å². The van der Waals surface area contributed by atoms with Crippen LogP contribution < -0.4 is 11.5 Å². The summed E-state index contributed by atoms with van der Waals surface area (Å²) in [7, 11) is -0.241. The molecule has 0 atom stereocenters. The molecule has 1 aliphatic rings. The molecule has 3 heterocycles. The standard InChI is InChI=1S/C10H13N3.C9H17BO2.C4H3Cl2N3/c1-6(2)9-8(11)10(7(3)4)13-5-12-9;1-7(2)10-11-8(3,4)9(5,6)12-10;5-3-2(7)4(6)9-1-8-3/h5H,1,3,11H2,2,4H3;1H2,2-6H3;1H,7H2. The zero-order chi connectivity index (χ0) is 26.4. The summed E-state index contributed by atoms with van der Waals surface area (Å²) >= 11 is 10.9. The van der Waals surface area contributed by atoms with E-state index in [9.17, 15) is 0 Å². The van der Waals surface area contributed by atoms with E-state index in [1.165, 1.54) is 12.7 Å². The Morgan fingerprint density at radius 2 is 1.12 bits per heavy atom. The number of nitrogens with two attached hydrogens (primary N) is 2. The summed E-state index contributed by atoms with van der Waals surface area (Å²) in [6.45, 7) is 25.2. The fraction of sp³-hybridized carbons (Fsp3) is 0.391. The van der Waals surface area contributed by atoms with E-state index in [2.05, 4.69) is 39.7 Å². The summed E-state index contributed by atoms with van der Waals surface area (Å²) < 4.78 is 11.4. The molecule has 0 aliphatic carbocycles. The molecule has 1 saturated heterocycles. The van der Waals surface area contributed by atoms with E-state index in [4.69, 9.17) is 44.0 Å². The molecule has 0 bridgehead atoms. The highest BCUT2D eigenvalue weighted by atomic mass is 35.5. The Kier molecular flexibility index (Phi) is 10.3. The van der Waals surface area contributed by atoms with E-state index in [-0.39, 0.29) is 34.3 Å². The largest absolute Gasteiger partial charge is 0.489 e. The van der Waals surface area contributed by atoms with Crippen LogP contribution in [0, 0.1) is 0 Å². The van der Waals surface area contributed by atoms with E-state index in [0.717, 1.165) is 16.6 Å². The van der Waals surface area contributed by atoms with Crippen molar-refractivity contribution in [1.82, 2.24) is 19.9 Å². The number of allylic oxidation sites excluding steroid dienone is 3. The topological polar surface area (TPSA) is 122 Å². The maximum Gasteiger partial charge on any atom is 0.489 e. The molecule has 0 aromatic carbocycles. The lowest BCUT2D eigenvalue weighted by Gasteiger charge is -2.32. The summed E-state index contributed by atoms with van der Waals surface area (Å²) in [4.78, 5) is 15.3. The fourth-order valence-corrected chi connectivity index (χ4v) is 2.79. The molecule has 184 valence electrons. The Bertz CT molecular complexity index is 1010. The van der Waals surface area contributed by atoms with Crippen molar-refractivity contribution in [2.45, 2.75) is 59.7 Å². The fourth-order valence-electron chi connectivity index (χ4n) is 2.47. The van der Waals surface area contributed by atoms with E-state index in [0.29, 0.717) is 17.1 Å². The third-order valence-corrected chi connectivity index (χ3v) is 5.74. The molecule has 0 unspecified atom stereocenters. The lowest BCUT2D eigenvalue weighted by molar-refractivity contribution is 0.00578. The molecule has 0 amide bonds. The van der Waals surface area contributed by atoms with Crippen molar-refractivity contribution in [2.75, 3.05) is 11.5 Å². The van der Waals surface area contributed by atoms with Gasteiger partial charge in [0.1, 0.15) is 18.3 Å². The lowest BCUT2D eigenvalue weighted by atomic mass is 9.81. The monoisotopic (exact) mass is 506 g/mol. The minimum absolute atomic E-state index is 0.190. The highest BCUT2D eigenvalue weighted by Crippen LogP contribution is 2.38. The Labute approximate surface area is 212 Å². The van der Waals surface area contributed by atoms with Crippen molar-refractivity contribution >= 4 is 52.8 Å². The number of rotatable bonds is 3. The van der Waals surface area contributed by atoms with Crippen molar-refractivity contribution < 1.29 is 9.31 Å². The van der Waals surface area contributed by atoms with Crippen LogP contribution in [-0.4, -0.2) is 38.3 Å². The predicted molar refractivity (Wildman–Crippen MR) is 143 cm³/mol. The van der Waals surface area contributed by atoms with Gasteiger partial charge in [0.2, 0.25) is 0 Å². The summed E-state index contributed by atoms with van der Waals surface area (Å²) in [6, 6.07) is 0. The number of halogens is 2. The molecular weight excluding hydrogens is 474 g/mol. The molecule has 0 radical (unpaired) electrons. The molecule has 11 heteroatoms. The van der Waals surface area contributed by atoms with Crippen LogP contribution in [0.15, 0.2) is 37.9 Å². The molecule has 0 saturated carbocycles. The Hall–Kier alpha value is -2.46.